The van der Waals surface area contributed by atoms with Gasteiger partial charge in [0.15, 0.2) is 0 Å². The van der Waals surface area contributed by atoms with Crippen molar-refractivity contribution in [3.63, 3.8) is 0 Å². The predicted octanol–water partition coefficient (Wildman–Crippen LogP) is 11.7. The molecule has 10 unspecified atom stereocenters. The van der Waals surface area contributed by atoms with E-state index in [2.05, 4.69) is 69.2 Å². The van der Waals surface area contributed by atoms with Crippen molar-refractivity contribution in [2.45, 2.75) is 181 Å². The number of rotatable bonds is 0. The Hall–Kier alpha value is -0.0400. The maximum Gasteiger partial charge on any atom is 0.0274 e. The molecular formula is C37H73N. The maximum absolute atomic E-state index is 8.00. The molecule has 1 nitrogen and oxygen atoms in total. The molecule has 5 aliphatic rings. The average Bonchev–Trinajstić information content (AvgIpc) is 3.22. The Bertz CT molecular complexity index is 816. The Kier molecular flexibility index (Phi) is 9.58. The van der Waals surface area contributed by atoms with E-state index in [9.17, 15) is 0 Å². The fraction of sp³-hybridized carbons (Fsp3) is 1.00. The van der Waals surface area contributed by atoms with Gasteiger partial charge >= 0.3 is 0 Å². The Labute approximate surface area is 241 Å². The van der Waals surface area contributed by atoms with Gasteiger partial charge < -0.3 is 5.73 Å². The first-order valence-corrected chi connectivity index (χ1v) is 17.3. The van der Waals surface area contributed by atoms with Crippen molar-refractivity contribution >= 4 is 0 Å². The lowest BCUT2D eigenvalue weighted by atomic mass is 9.24. The lowest BCUT2D eigenvalue weighted by molar-refractivity contribution is -0.304. The molecule has 0 amide bonds. The molecule has 0 saturated heterocycles. The van der Waals surface area contributed by atoms with Crippen LogP contribution in [0.3, 0.4) is 0 Å². The van der Waals surface area contributed by atoms with Gasteiger partial charge in [-0.15, -0.1) is 0 Å². The fourth-order valence-corrected chi connectivity index (χ4v) is 12.6. The molecule has 0 aromatic heterocycles. The van der Waals surface area contributed by atoms with Gasteiger partial charge in [-0.25, -0.2) is 0 Å². The molecule has 5 fully saturated rings. The van der Waals surface area contributed by atoms with Gasteiger partial charge in [0.1, 0.15) is 0 Å². The van der Waals surface area contributed by atoms with Crippen LogP contribution in [0.1, 0.15) is 175 Å². The number of nitrogens with two attached hydrogens (primary N) is 1. The first-order valence-electron chi connectivity index (χ1n) is 17.3. The van der Waals surface area contributed by atoms with Gasteiger partial charge in [0.2, 0.25) is 0 Å². The molecule has 10 atom stereocenters. The van der Waals surface area contributed by atoms with Gasteiger partial charge in [0, 0.05) is 5.54 Å². The molecule has 0 spiro atoms. The van der Waals surface area contributed by atoms with Gasteiger partial charge in [-0.05, 0) is 120 Å². The molecule has 0 radical (unpaired) electrons. The monoisotopic (exact) mass is 532 g/mol. The molecule has 0 aromatic carbocycles. The highest BCUT2D eigenvalue weighted by atomic mass is 15.0. The van der Waals surface area contributed by atoms with Crippen molar-refractivity contribution in [1.29, 1.82) is 0 Å². The van der Waals surface area contributed by atoms with Gasteiger partial charge in [-0.3, -0.25) is 0 Å². The molecule has 38 heavy (non-hydrogen) atoms. The van der Waals surface area contributed by atoms with E-state index in [0.29, 0.717) is 27.1 Å². The van der Waals surface area contributed by atoms with Crippen molar-refractivity contribution in [1.82, 2.24) is 0 Å². The van der Waals surface area contributed by atoms with Crippen LogP contribution in [0.5, 0.6) is 0 Å². The first kappa shape index (κ1) is 34.2. The Morgan fingerprint density at radius 2 is 0.974 bits per heavy atom. The van der Waals surface area contributed by atoms with Crippen LogP contribution in [0.4, 0.5) is 0 Å². The maximum atomic E-state index is 8.00. The van der Waals surface area contributed by atoms with E-state index in [-0.39, 0.29) is 16.4 Å². The van der Waals surface area contributed by atoms with Gasteiger partial charge in [0.25, 0.3) is 0 Å². The molecule has 5 saturated carbocycles. The van der Waals surface area contributed by atoms with Crippen LogP contribution < -0.4 is 5.73 Å². The van der Waals surface area contributed by atoms with Crippen LogP contribution in [0.15, 0.2) is 0 Å². The predicted molar refractivity (Wildman–Crippen MR) is 171 cm³/mol. The highest BCUT2D eigenvalue weighted by Gasteiger charge is 2.79. The second kappa shape index (κ2) is 10.7. The summed E-state index contributed by atoms with van der Waals surface area (Å²) in [5.41, 5.74) is 10.4. The lowest BCUT2D eigenvalue weighted by Crippen LogP contribution is -2.82. The summed E-state index contributed by atoms with van der Waals surface area (Å²) in [5, 5.41) is 0. The number of fused-ring (bicyclic) bond motifs is 7. The Morgan fingerprint density at radius 1 is 0.500 bits per heavy atom. The van der Waals surface area contributed by atoms with Crippen LogP contribution in [-0.4, -0.2) is 5.54 Å². The second-order valence-corrected chi connectivity index (χ2v) is 16.0. The smallest absolute Gasteiger partial charge is 0.0274 e. The summed E-state index contributed by atoms with van der Waals surface area (Å²) in [6.45, 7) is 38.4. The minimum Gasteiger partial charge on any atom is -0.324 e. The number of hydrogen-bond acceptors (Lipinski definition) is 1. The summed E-state index contributed by atoms with van der Waals surface area (Å²) in [6.07, 6.45) is 13.7. The Balaban J connectivity index is 0.000000791. The van der Waals surface area contributed by atoms with Gasteiger partial charge in [-0.1, -0.05) is 111 Å². The molecular weight excluding hydrogens is 458 g/mol. The average molecular weight is 532 g/mol. The molecule has 5 rings (SSSR count). The van der Waals surface area contributed by atoms with Crippen molar-refractivity contribution in [2.24, 2.45) is 61.4 Å². The SMILES string of the molecule is CC.CC.CC.CC1CCC2(C)CCC3(C)C(C)(CCC4(N)C5(C)CCC(C)C(C)(C)C5(C)CCC34C)C12. The first-order chi connectivity index (χ1) is 17.5. The van der Waals surface area contributed by atoms with Gasteiger partial charge in [-0.2, -0.15) is 0 Å². The summed E-state index contributed by atoms with van der Waals surface area (Å²) >= 11 is 0. The summed E-state index contributed by atoms with van der Waals surface area (Å²) < 4.78 is 0. The number of hydrogen-bond donors (Lipinski definition) is 1. The zero-order valence-electron chi connectivity index (χ0n) is 29.4. The molecule has 0 aliphatic heterocycles. The standard InChI is InChI=1S/C31H55N.3C2H6/c1-21-11-13-25(5)15-17-28(8)26(6,23(21)25)16-20-31(32)29(9)14-12-22(2)24(3,4)27(29,7)18-19-30(28,31)10;3*1-2/h21-23H,11-20,32H2,1-10H3;3*1-2H3. The van der Waals surface area contributed by atoms with Crippen molar-refractivity contribution in [3.8, 4) is 0 Å². The van der Waals surface area contributed by atoms with E-state index in [1.165, 1.54) is 64.2 Å². The van der Waals surface area contributed by atoms with E-state index < -0.39 is 0 Å². The highest BCUT2D eigenvalue weighted by molar-refractivity contribution is 5.31. The minimum absolute atomic E-state index is 0.0613. The molecule has 1 heteroatoms. The van der Waals surface area contributed by atoms with Crippen molar-refractivity contribution in [2.75, 3.05) is 0 Å². The lowest BCUT2D eigenvalue weighted by Gasteiger charge is -2.81. The molecule has 0 bridgehead atoms. The van der Waals surface area contributed by atoms with E-state index in [1.807, 2.05) is 41.5 Å². The summed E-state index contributed by atoms with van der Waals surface area (Å²) in [4.78, 5) is 0. The third-order valence-electron chi connectivity index (χ3n) is 15.9. The molecule has 5 aliphatic carbocycles. The zero-order valence-corrected chi connectivity index (χ0v) is 29.4. The van der Waals surface area contributed by atoms with Crippen LogP contribution in [0.2, 0.25) is 0 Å². The van der Waals surface area contributed by atoms with Crippen LogP contribution in [-0.2, 0) is 0 Å². The zero-order chi connectivity index (χ0) is 29.8. The van der Waals surface area contributed by atoms with Crippen LogP contribution in [0.25, 0.3) is 0 Å². The quantitative estimate of drug-likeness (QED) is 0.330. The third-order valence-corrected chi connectivity index (χ3v) is 15.9. The van der Waals surface area contributed by atoms with Crippen LogP contribution >= 0.6 is 0 Å². The molecule has 0 aromatic rings. The van der Waals surface area contributed by atoms with Crippen molar-refractivity contribution < 1.29 is 0 Å². The Morgan fingerprint density at radius 3 is 1.53 bits per heavy atom. The fourth-order valence-electron chi connectivity index (χ4n) is 12.6. The van der Waals surface area contributed by atoms with Crippen molar-refractivity contribution in [3.05, 3.63) is 0 Å². The van der Waals surface area contributed by atoms with E-state index in [1.54, 1.807) is 0 Å². The molecule has 226 valence electrons. The summed E-state index contributed by atoms with van der Waals surface area (Å²) in [6, 6.07) is 0. The normalized spacial score (nSPS) is 54.1. The van der Waals surface area contributed by atoms with Crippen LogP contribution in [0, 0.1) is 55.7 Å². The second-order valence-electron chi connectivity index (χ2n) is 16.0. The van der Waals surface area contributed by atoms with E-state index in [4.69, 9.17) is 5.73 Å². The summed E-state index contributed by atoms with van der Waals surface area (Å²) in [7, 11) is 0. The minimum atomic E-state index is -0.0613. The molecule has 0 heterocycles. The van der Waals surface area contributed by atoms with E-state index in [0.717, 1.165) is 17.8 Å². The summed E-state index contributed by atoms with van der Waals surface area (Å²) in [5.74, 6) is 2.53. The molecule has 2 N–H and O–H groups in total. The van der Waals surface area contributed by atoms with E-state index >= 15 is 0 Å². The third kappa shape index (κ3) is 3.70. The topological polar surface area (TPSA) is 26.0 Å². The van der Waals surface area contributed by atoms with Gasteiger partial charge in [0.05, 0.1) is 0 Å². The highest BCUT2D eigenvalue weighted by Crippen LogP contribution is 2.83. The largest absolute Gasteiger partial charge is 0.324 e.